The zero-order valence-electron chi connectivity index (χ0n) is 10.9. The lowest BCUT2D eigenvalue weighted by Gasteiger charge is -2.17. The van der Waals surface area contributed by atoms with Crippen LogP contribution in [0.4, 0.5) is 0 Å². The van der Waals surface area contributed by atoms with E-state index in [9.17, 15) is 18.3 Å². The molecule has 3 rings (SSSR count). The van der Waals surface area contributed by atoms with E-state index >= 15 is 0 Å². The average molecular weight is 396 g/mol. The van der Waals surface area contributed by atoms with E-state index in [0.717, 1.165) is 24.2 Å². The van der Waals surface area contributed by atoms with Gasteiger partial charge in [-0.2, -0.15) is 4.31 Å². The van der Waals surface area contributed by atoms with Gasteiger partial charge in [0.15, 0.2) is 0 Å². The lowest BCUT2D eigenvalue weighted by Crippen LogP contribution is -2.31. The van der Waals surface area contributed by atoms with E-state index in [1.54, 1.807) is 0 Å². The van der Waals surface area contributed by atoms with E-state index in [1.807, 2.05) is 0 Å². The van der Waals surface area contributed by atoms with Gasteiger partial charge in [0.1, 0.15) is 9.77 Å². The fourth-order valence-corrected chi connectivity index (χ4v) is 7.05. The summed E-state index contributed by atoms with van der Waals surface area (Å²) in [5, 5.41) is 18.8. The van der Waals surface area contributed by atoms with Gasteiger partial charge in [-0.1, -0.05) is 0 Å². The second-order valence-corrected chi connectivity index (χ2v) is 9.72. The van der Waals surface area contributed by atoms with Crippen molar-refractivity contribution in [3.05, 3.63) is 14.7 Å². The van der Waals surface area contributed by atoms with Crippen LogP contribution in [0.25, 0.3) is 0 Å². The number of hydrogen-bond donors (Lipinski definition) is 2. The molecule has 2 heterocycles. The third-order valence-electron chi connectivity index (χ3n) is 4.27. The summed E-state index contributed by atoms with van der Waals surface area (Å²) in [6.07, 6.45) is 1.13. The molecule has 2 aliphatic rings. The number of carbonyl (C=O) groups is 1. The van der Waals surface area contributed by atoms with Crippen molar-refractivity contribution in [3.63, 3.8) is 0 Å². The van der Waals surface area contributed by atoms with Crippen LogP contribution in [0.5, 0.6) is 0 Å². The normalized spacial score (nSPS) is 29.7. The predicted molar refractivity (Wildman–Crippen MR) is 80.0 cm³/mol. The van der Waals surface area contributed by atoms with E-state index < -0.39 is 22.1 Å². The summed E-state index contributed by atoms with van der Waals surface area (Å²) in [5.41, 5.74) is 0. The Morgan fingerprint density at radius 3 is 2.67 bits per heavy atom. The van der Waals surface area contributed by atoms with Crippen LogP contribution in [0.1, 0.15) is 22.5 Å². The Labute approximate surface area is 134 Å². The van der Waals surface area contributed by atoms with Crippen LogP contribution in [-0.4, -0.2) is 48.1 Å². The smallest absolute Gasteiger partial charge is 0.345 e. The number of carboxylic acids is 1. The van der Waals surface area contributed by atoms with Gasteiger partial charge in [0.05, 0.1) is 9.89 Å². The van der Waals surface area contributed by atoms with Crippen LogP contribution in [0.3, 0.4) is 0 Å². The predicted octanol–water partition coefficient (Wildman–Crippen LogP) is 1.60. The molecule has 2 fully saturated rings. The minimum Gasteiger partial charge on any atom is -0.477 e. The quantitative estimate of drug-likeness (QED) is 0.810. The number of aliphatic hydroxyl groups is 1. The monoisotopic (exact) mass is 395 g/mol. The first kappa shape index (κ1) is 15.4. The zero-order valence-corrected chi connectivity index (χ0v) is 14.1. The number of aliphatic hydroxyl groups excluding tert-OH is 1. The van der Waals surface area contributed by atoms with Gasteiger partial charge in [-0.05, 0) is 40.8 Å². The van der Waals surface area contributed by atoms with Gasteiger partial charge < -0.3 is 10.2 Å². The lowest BCUT2D eigenvalue weighted by molar-refractivity contribution is 0.0702. The number of aromatic carboxylic acids is 1. The molecule has 2 N–H and O–H groups in total. The fraction of sp³-hybridized carbons (Fsp3) is 0.583. The highest BCUT2D eigenvalue weighted by molar-refractivity contribution is 9.11. The summed E-state index contributed by atoms with van der Waals surface area (Å²) in [7, 11) is -3.73. The van der Waals surface area contributed by atoms with Crippen molar-refractivity contribution >= 4 is 43.3 Å². The van der Waals surface area contributed by atoms with Crippen molar-refractivity contribution in [1.29, 1.82) is 0 Å². The Hall–Kier alpha value is -0.480. The zero-order chi connectivity index (χ0) is 15.4. The Kier molecular flexibility index (Phi) is 3.90. The minimum absolute atomic E-state index is 0.000590. The molecule has 0 radical (unpaired) electrons. The topological polar surface area (TPSA) is 94.9 Å². The highest BCUT2D eigenvalue weighted by Gasteiger charge is 2.46. The van der Waals surface area contributed by atoms with Crippen molar-refractivity contribution in [1.82, 2.24) is 4.31 Å². The van der Waals surface area contributed by atoms with E-state index in [-0.39, 0.29) is 21.6 Å². The van der Waals surface area contributed by atoms with Crippen LogP contribution in [0.2, 0.25) is 0 Å². The SMILES string of the molecule is O=C(O)c1cc(S(=O)(=O)N2CC3CCC(O)C3C2)c(Br)s1. The summed E-state index contributed by atoms with van der Waals surface area (Å²) < 4.78 is 27.0. The van der Waals surface area contributed by atoms with Gasteiger partial charge >= 0.3 is 5.97 Å². The van der Waals surface area contributed by atoms with Crippen LogP contribution in [0.15, 0.2) is 14.7 Å². The number of rotatable bonds is 3. The van der Waals surface area contributed by atoms with E-state index in [2.05, 4.69) is 15.9 Å². The Bertz CT molecular complexity index is 686. The molecule has 0 spiro atoms. The molecule has 9 heteroatoms. The summed E-state index contributed by atoms with van der Waals surface area (Å²) in [6.45, 7) is 0.702. The maximum atomic E-state index is 12.7. The lowest BCUT2D eigenvalue weighted by atomic mass is 10.00. The fourth-order valence-electron chi connectivity index (χ4n) is 3.16. The largest absolute Gasteiger partial charge is 0.477 e. The molecule has 0 bridgehead atoms. The van der Waals surface area contributed by atoms with Crippen LogP contribution >= 0.6 is 27.3 Å². The van der Waals surface area contributed by atoms with Gasteiger partial charge in [0.25, 0.3) is 0 Å². The Morgan fingerprint density at radius 1 is 1.38 bits per heavy atom. The standard InChI is InChI=1S/C12H14BrNO5S2/c13-11-10(3-9(20-11)12(16)17)21(18,19)14-4-6-1-2-8(15)7(6)5-14/h3,6-8,15H,1-2,4-5H2,(H,16,17). The van der Waals surface area contributed by atoms with Crippen molar-refractivity contribution in [2.24, 2.45) is 11.8 Å². The molecular formula is C12H14BrNO5S2. The number of carboxylic acid groups (broad SMARTS) is 1. The van der Waals surface area contributed by atoms with Crippen LogP contribution in [0, 0.1) is 11.8 Å². The minimum atomic E-state index is -3.73. The molecule has 6 nitrogen and oxygen atoms in total. The van der Waals surface area contributed by atoms with Gasteiger partial charge in [0, 0.05) is 19.0 Å². The molecule has 3 atom stereocenters. The number of fused-ring (bicyclic) bond motifs is 1. The second-order valence-electron chi connectivity index (χ2n) is 5.44. The molecule has 1 saturated carbocycles. The highest BCUT2D eigenvalue weighted by Crippen LogP contribution is 2.42. The first-order chi connectivity index (χ1) is 9.80. The molecule has 3 unspecified atom stereocenters. The van der Waals surface area contributed by atoms with Crippen molar-refractivity contribution in [2.75, 3.05) is 13.1 Å². The van der Waals surface area contributed by atoms with E-state index in [1.165, 1.54) is 10.4 Å². The third-order valence-corrected chi connectivity index (χ3v) is 8.34. The third kappa shape index (κ3) is 2.55. The maximum absolute atomic E-state index is 12.7. The summed E-state index contributed by atoms with van der Waals surface area (Å²) in [6, 6.07) is 1.19. The number of hydrogen-bond acceptors (Lipinski definition) is 5. The first-order valence-corrected chi connectivity index (χ1v) is 9.56. The summed E-state index contributed by atoms with van der Waals surface area (Å²) >= 11 is 4.03. The molecule has 0 aromatic carbocycles. The van der Waals surface area contributed by atoms with Crippen LogP contribution < -0.4 is 0 Å². The number of nitrogens with zero attached hydrogens (tertiary/aromatic N) is 1. The van der Waals surface area contributed by atoms with Gasteiger partial charge in [-0.15, -0.1) is 11.3 Å². The van der Waals surface area contributed by atoms with E-state index in [0.29, 0.717) is 16.9 Å². The van der Waals surface area contributed by atoms with Crippen molar-refractivity contribution in [3.8, 4) is 0 Å². The molecule has 1 aliphatic carbocycles. The molecular weight excluding hydrogens is 382 g/mol. The molecule has 1 aromatic rings. The van der Waals surface area contributed by atoms with Gasteiger partial charge in [-0.3, -0.25) is 0 Å². The Morgan fingerprint density at radius 2 is 2.10 bits per heavy atom. The number of thiophene rings is 1. The number of halogens is 1. The molecule has 0 amide bonds. The Balaban J connectivity index is 1.90. The van der Waals surface area contributed by atoms with Crippen molar-refractivity contribution < 1.29 is 23.4 Å². The first-order valence-electron chi connectivity index (χ1n) is 6.51. The second kappa shape index (κ2) is 5.31. The maximum Gasteiger partial charge on any atom is 0.345 e. The molecule has 21 heavy (non-hydrogen) atoms. The van der Waals surface area contributed by atoms with Crippen LogP contribution in [-0.2, 0) is 10.0 Å². The van der Waals surface area contributed by atoms with Gasteiger partial charge in [0.2, 0.25) is 10.0 Å². The summed E-state index contributed by atoms with van der Waals surface area (Å²) in [5.74, 6) is -0.946. The average Bonchev–Trinajstić information content (AvgIpc) is 3.06. The molecule has 1 aromatic heterocycles. The van der Waals surface area contributed by atoms with Gasteiger partial charge in [-0.25, -0.2) is 13.2 Å². The highest BCUT2D eigenvalue weighted by atomic mass is 79.9. The summed E-state index contributed by atoms with van der Waals surface area (Å²) in [4.78, 5) is 11.0. The van der Waals surface area contributed by atoms with E-state index in [4.69, 9.17) is 5.11 Å². The molecule has 116 valence electrons. The molecule has 1 aliphatic heterocycles. The number of sulfonamides is 1. The molecule has 1 saturated heterocycles. The van der Waals surface area contributed by atoms with Crippen molar-refractivity contribution in [2.45, 2.75) is 23.8 Å².